The molecule has 9 nitrogen and oxygen atoms in total. The molecule has 0 bridgehead atoms. The smallest absolute Gasteiger partial charge is 0.404 e. The van der Waals surface area contributed by atoms with E-state index in [4.69, 9.17) is 17.3 Å². The second kappa shape index (κ2) is 8.78. The number of rotatable bonds is 5. The Labute approximate surface area is 229 Å². The van der Waals surface area contributed by atoms with Crippen molar-refractivity contribution in [3.05, 3.63) is 87.7 Å². The van der Waals surface area contributed by atoms with Crippen LogP contribution in [0.1, 0.15) is 36.1 Å². The predicted octanol–water partition coefficient (Wildman–Crippen LogP) is 5.17. The molecule has 1 fully saturated rings. The number of nitrogens with zero attached hydrogens (tertiary/aromatic N) is 6. The van der Waals surface area contributed by atoms with Gasteiger partial charge < -0.3 is 15.0 Å². The maximum absolute atomic E-state index is 13.6. The van der Waals surface area contributed by atoms with Gasteiger partial charge in [-0.1, -0.05) is 17.7 Å². The zero-order chi connectivity index (χ0) is 27.8. The van der Waals surface area contributed by atoms with Crippen molar-refractivity contribution in [2.75, 3.05) is 5.73 Å². The number of ether oxygens (including phenoxy) is 1. The Morgan fingerprint density at radius 3 is 2.70 bits per heavy atom. The van der Waals surface area contributed by atoms with Gasteiger partial charge in [-0.3, -0.25) is 9.79 Å². The fourth-order valence-electron chi connectivity index (χ4n) is 5.79. The molecule has 3 atom stereocenters. The molecule has 1 saturated carbocycles. The number of anilines is 1. The Hall–Kier alpha value is -4.45. The second-order valence-electron chi connectivity index (χ2n) is 10.00. The second-order valence-corrected chi connectivity index (χ2v) is 10.4. The molecule has 2 aromatic heterocycles. The van der Waals surface area contributed by atoms with Crippen molar-refractivity contribution in [1.29, 1.82) is 0 Å². The predicted molar refractivity (Wildman–Crippen MR) is 141 cm³/mol. The van der Waals surface area contributed by atoms with Crippen LogP contribution < -0.4 is 16.0 Å². The lowest BCUT2D eigenvalue weighted by Gasteiger charge is -2.20. The Bertz CT molecular complexity index is 1800. The topological polar surface area (TPSA) is 113 Å². The summed E-state index contributed by atoms with van der Waals surface area (Å²) < 4.78 is 45.8. The van der Waals surface area contributed by atoms with E-state index < -0.39 is 12.1 Å². The van der Waals surface area contributed by atoms with Gasteiger partial charge in [0.25, 0.3) is 5.56 Å². The molecule has 0 radical (unpaired) electrons. The molecule has 1 aliphatic carbocycles. The van der Waals surface area contributed by atoms with Gasteiger partial charge in [-0.05, 0) is 75.9 Å². The van der Waals surface area contributed by atoms with Crippen molar-refractivity contribution in [2.24, 2.45) is 10.9 Å². The summed E-state index contributed by atoms with van der Waals surface area (Å²) in [6.07, 6.45) is -0.429. The van der Waals surface area contributed by atoms with Crippen LogP contribution in [-0.4, -0.2) is 36.8 Å². The average molecular weight is 566 g/mol. The molecule has 2 N–H and O–H groups in total. The van der Waals surface area contributed by atoms with E-state index in [0.717, 1.165) is 29.0 Å². The number of aromatic nitrogens is 5. The van der Waals surface area contributed by atoms with E-state index in [0.29, 0.717) is 28.3 Å². The normalized spacial score (nSPS) is 21.1. The molecule has 2 aromatic carbocycles. The largest absolute Gasteiger partial charge is 0.573 e. The van der Waals surface area contributed by atoms with Crippen LogP contribution in [0.3, 0.4) is 0 Å². The van der Waals surface area contributed by atoms with Crippen molar-refractivity contribution >= 4 is 28.6 Å². The van der Waals surface area contributed by atoms with E-state index >= 15 is 0 Å². The van der Waals surface area contributed by atoms with Crippen molar-refractivity contribution in [3.63, 3.8) is 0 Å². The molecule has 40 heavy (non-hydrogen) atoms. The number of pyridine rings is 1. The number of hydrogen-bond donors (Lipinski definition) is 1. The maximum atomic E-state index is 13.6. The van der Waals surface area contributed by atoms with Crippen LogP contribution in [0.2, 0.25) is 5.02 Å². The number of allylic oxidation sites excluding steroid dienone is 1. The molecule has 2 aliphatic heterocycles. The Balaban J connectivity index is 1.19. The molecule has 4 heterocycles. The third kappa shape index (κ3) is 4.15. The summed E-state index contributed by atoms with van der Waals surface area (Å²) >= 11 is 6.31. The van der Waals surface area contributed by atoms with Crippen LogP contribution in [0.4, 0.5) is 18.9 Å². The number of tetrazole rings is 1. The maximum Gasteiger partial charge on any atom is 0.573 e. The summed E-state index contributed by atoms with van der Waals surface area (Å²) in [5, 5.41) is 11.9. The van der Waals surface area contributed by atoms with Crippen molar-refractivity contribution in [2.45, 2.75) is 31.2 Å². The molecule has 3 aliphatic rings. The fourth-order valence-corrected chi connectivity index (χ4v) is 5.97. The number of fused-ring (bicyclic) bond motifs is 3. The molecule has 0 amide bonds. The summed E-state index contributed by atoms with van der Waals surface area (Å²) in [6.45, 7) is 0. The zero-order valence-corrected chi connectivity index (χ0v) is 21.3. The van der Waals surface area contributed by atoms with Crippen LogP contribution in [0, 0.1) is 5.92 Å². The third-order valence-corrected chi connectivity index (χ3v) is 7.81. The van der Waals surface area contributed by atoms with Gasteiger partial charge in [-0.15, -0.1) is 18.3 Å². The minimum absolute atomic E-state index is 0.114. The number of alkyl halides is 3. The van der Waals surface area contributed by atoms with Crippen LogP contribution in [0.15, 0.2) is 70.8 Å². The Morgan fingerprint density at radius 1 is 1.07 bits per heavy atom. The third-order valence-electron chi connectivity index (χ3n) is 7.58. The van der Waals surface area contributed by atoms with Crippen LogP contribution in [0.25, 0.3) is 22.4 Å². The lowest BCUT2D eigenvalue weighted by molar-refractivity contribution is -0.274. The number of hydrogen-bond acceptors (Lipinski definition) is 7. The van der Waals surface area contributed by atoms with Gasteiger partial charge in [-0.25, -0.2) is 0 Å². The molecule has 4 aromatic rings. The van der Waals surface area contributed by atoms with E-state index in [2.05, 4.69) is 25.3 Å². The summed E-state index contributed by atoms with van der Waals surface area (Å²) in [5.41, 5.74) is 10.5. The van der Waals surface area contributed by atoms with Crippen LogP contribution in [0.5, 0.6) is 5.75 Å². The highest BCUT2D eigenvalue weighted by molar-refractivity contribution is 6.31. The average Bonchev–Trinajstić information content (AvgIpc) is 3.26. The van der Waals surface area contributed by atoms with E-state index in [1.165, 1.54) is 23.1 Å². The number of benzene rings is 2. The lowest BCUT2D eigenvalue weighted by atomic mass is 9.97. The Kier molecular flexibility index (Phi) is 5.40. The van der Waals surface area contributed by atoms with E-state index in [1.807, 2.05) is 6.07 Å². The van der Waals surface area contributed by atoms with Gasteiger partial charge in [0, 0.05) is 46.6 Å². The minimum atomic E-state index is -4.86. The molecule has 202 valence electrons. The SMILES string of the molecule is Nc1ccc(C2=CN=C([C@@H]3[C@H]4C[C@H]4c4cc(-c5cc(Cl)ccc5-n5cnnn5)cc(=O)n43)C2)cc1OC(F)(F)F. The molecule has 0 spiro atoms. The van der Waals surface area contributed by atoms with Crippen molar-refractivity contribution in [3.8, 4) is 22.6 Å². The first-order chi connectivity index (χ1) is 19.2. The van der Waals surface area contributed by atoms with Crippen LogP contribution in [-0.2, 0) is 0 Å². The van der Waals surface area contributed by atoms with E-state index in [-0.39, 0.29) is 29.1 Å². The Morgan fingerprint density at radius 2 is 1.93 bits per heavy atom. The van der Waals surface area contributed by atoms with E-state index in [9.17, 15) is 18.0 Å². The summed E-state index contributed by atoms with van der Waals surface area (Å²) in [5.74, 6) is -0.0228. The van der Waals surface area contributed by atoms with E-state index in [1.54, 1.807) is 41.1 Å². The first kappa shape index (κ1) is 24.6. The number of nitrogen functional groups attached to an aromatic ring is 1. The number of halogens is 4. The minimum Gasteiger partial charge on any atom is -0.404 e. The summed E-state index contributed by atoms with van der Waals surface area (Å²) in [7, 11) is 0. The fraction of sp³-hybridized carbons (Fsp3) is 0.222. The highest BCUT2D eigenvalue weighted by Crippen LogP contribution is 2.60. The van der Waals surface area contributed by atoms with Gasteiger partial charge in [-0.2, -0.15) is 4.68 Å². The molecular formula is C27H19ClF3N7O2. The molecule has 13 heteroatoms. The van der Waals surface area contributed by atoms with Gasteiger partial charge >= 0.3 is 6.36 Å². The van der Waals surface area contributed by atoms with Crippen LogP contribution >= 0.6 is 11.6 Å². The molecule has 0 unspecified atom stereocenters. The first-order valence-corrected chi connectivity index (χ1v) is 12.7. The zero-order valence-electron chi connectivity index (χ0n) is 20.5. The van der Waals surface area contributed by atoms with Gasteiger partial charge in [0.15, 0.2) is 5.75 Å². The highest BCUT2D eigenvalue weighted by atomic mass is 35.5. The van der Waals surface area contributed by atoms with Crippen molar-refractivity contribution < 1.29 is 17.9 Å². The summed E-state index contributed by atoms with van der Waals surface area (Å²) in [4.78, 5) is 18.2. The monoisotopic (exact) mass is 565 g/mol. The molecular weight excluding hydrogens is 547 g/mol. The standard InChI is InChI=1S/C27H19ClF3N7O2/c28-16-2-4-22(37-12-34-35-36-37)17(9-16)14-6-23-18-10-19(18)26(38(23)25(39)8-14)21-5-15(11-33-21)13-1-3-20(32)24(7-13)40-27(29,30)31/h1-4,6-9,11-12,18-19,26H,5,10,32H2/t18-,19+,26+/m1/s1. The number of aliphatic imine (C=N–C) groups is 1. The molecule has 0 saturated heterocycles. The quantitative estimate of drug-likeness (QED) is 0.334. The summed E-state index contributed by atoms with van der Waals surface area (Å²) in [6, 6.07) is 12.9. The van der Waals surface area contributed by atoms with Gasteiger partial charge in [0.2, 0.25) is 0 Å². The number of nitrogens with two attached hydrogens (primary N) is 1. The molecule has 7 rings (SSSR count). The van der Waals surface area contributed by atoms with Gasteiger partial charge in [0.1, 0.15) is 6.33 Å². The van der Waals surface area contributed by atoms with Crippen molar-refractivity contribution in [1.82, 2.24) is 24.8 Å². The lowest BCUT2D eigenvalue weighted by Crippen LogP contribution is -2.29. The van der Waals surface area contributed by atoms with Gasteiger partial charge in [0.05, 0.1) is 17.4 Å². The first-order valence-electron chi connectivity index (χ1n) is 12.4. The highest BCUT2D eigenvalue weighted by Gasteiger charge is 2.54.